The molecule has 2 heterocycles. The van der Waals surface area contributed by atoms with Crippen LogP contribution in [-0.2, 0) is 0 Å². The third-order valence-electron chi connectivity index (χ3n) is 5.80. The van der Waals surface area contributed by atoms with E-state index in [9.17, 15) is 14.0 Å². The molecule has 1 fully saturated rings. The van der Waals surface area contributed by atoms with Crippen LogP contribution in [0.3, 0.4) is 0 Å². The summed E-state index contributed by atoms with van der Waals surface area (Å²) >= 11 is 5.85. The summed E-state index contributed by atoms with van der Waals surface area (Å²) in [5, 5.41) is 5.81. The lowest BCUT2D eigenvalue weighted by molar-refractivity contribution is 0.101. The number of pyridine rings is 2. The Hall–Kier alpha value is -3.76. The molecule has 1 aromatic carbocycles. The number of aromatic nitrogens is 2. The van der Waals surface area contributed by atoms with Crippen LogP contribution in [0.1, 0.15) is 46.5 Å². The molecule has 2 amide bonds. The van der Waals surface area contributed by atoms with Gasteiger partial charge in [-0.05, 0) is 62.1 Å². The summed E-state index contributed by atoms with van der Waals surface area (Å²) in [6.45, 7) is -0.754. The van der Waals surface area contributed by atoms with Gasteiger partial charge in [0, 0.05) is 24.5 Å². The SMILES string of the molecule is NC1CCC(Oc2cc(OCCF)ccc2C(=O)Nc2cccnc2C(=O)Nc2ccc(Cl)cn2)CC1. The van der Waals surface area contributed by atoms with Crippen LogP contribution in [0.5, 0.6) is 11.5 Å². The van der Waals surface area contributed by atoms with Crippen LogP contribution >= 0.6 is 11.6 Å². The van der Waals surface area contributed by atoms with Crippen molar-refractivity contribution in [2.45, 2.75) is 37.8 Å². The summed E-state index contributed by atoms with van der Waals surface area (Å²) in [5.74, 6) is -0.103. The molecule has 37 heavy (non-hydrogen) atoms. The number of rotatable bonds is 9. The molecule has 0 radical (unpaired) electrons. The first kappa shape index (κ1) is 26.3. The Balaban J connectivity index is 1.54. The minimum absolute atomic E-state index is 0.000708. The Morgan fingerprint density at radius 3 is 2.59 bits per heavy atom. The fraction of sp³-hybridized carbons (Fsp3) is 0.308. The molecule has 194 valence electrons. The summed E-state index contributed by atoms with van der Waals surface area (Å²) in [5.41, 5.74) is 6.44. The van der Waals surface area contributed by atoms with Crippen LogP contribution in [0.2, 0.25) is 5.02 Å². The zero-order valence-corrected chi connectivity index (χ0v) is 20.7. The van der Waals surface area contributed by atoms with Gasteiger partial charge >= 0.3 is 0 Å². The van der Waals surface area contributed by atoms with Gasteiger partial charge in [-0.25, -0.2) is 14.4 Å². The summed E-state index contributed by atoms with van der Waals surface area (Å²) < 4.78 is 24.2. The van der Waals surface area contributed by atoms with E-state index < -0.39 is 18.5 Å². The van der Waals surface area contributed by atoms with Gasteiger partial charge in [-0.15, -0.1) is 0 Å². The summed E-state index contributed by atoms with van der Waals surface area (Å²) in [4.78, 5) is 34.4. The van der Waals surface area contributed by atoms with E-state index in [1.807, 2.05) is 0 Å². The summed E-state index contributed by atoms with van der Waals surface area (Å²) in [6, 6.07) is 11.1. The normalized spacial score (nSPS) is 17.1. The van der Waals surface area contributed by atoms with Crippen molar-refractivity contribution >= 4 is 34.9 Å². The van der Waals surface area contributed by atoms with Gasteiger partial charge in [0.15, 0.2) is 5.69 Å². The van der Waals surface area contributed by atoms with Gasteiger partial charge in [-0.2, -0.15) is 0 Å². The molecule has 4 rings (SSSR count). The van der Waals surface area contributed by atoms with Crippen LogP contribution in [0.25, 0.3) is 0 Å². The minimum Gasteiger partial charge on any atom is -0.491 e. The highest BCUT2D eigenvalue weighted by molar-refractivity contribution is 6.30. The van der Waals surface area contributed by atoms with Crippen molar-refractivity contribution < 1.29 is 23.5 Å². The molecule has 0 atom stereocenters. The molecule has 0 aliphatic heterocycles. The van der Waals surface area contributed by atoms with E-state index in [-0.39, 0.29) is 41.5 Å². The lowest BCUT2D eigenvalue weighted by Gasteiger charge is -2.27. The Bertz CT molecular complexity index is 1240. The van der Waals surface area contributed by atoms with E-state index in [1.54, 1.807) is 42.5 Å². The first-order chi connectivity index (χ1) is 17.9. The highest BCUT2D eigenvalue weighted by Gasteiger charge is 2.24. The third kappa shape index (κ3) is 7.14. The number of alkyl halides is 1. The molecule has 3 aromatic rings. The van der Waals surface area contributed by atoms with Crippen molar-refractivity contribution in [1.82, 2.24) is 9.97 Å². The number of nitrogens with two attached hydrogens (primary N) is 1. The van der Waals surface area contributed by atoms with E-state index >= 15 is 0 Å². The van der Waals surface area contributed by atoms with Crippen LogP contribution in [0, 0.1) is 0 Å². The molecule has 11 heteroatoms. The summed E-state index contributed by atoms with van der Waals surface area (Å²) in [7, 11) is 0. The maximum absolute atomic E-state index is 13.3. The monoisotopic (exact) mass is 527 g/mol. The number of carbonyl (C=O) groups excluding carboxylic acids is 2. The maximum Gasteiger partial charge on any atom is 0.277 e. The fourth-order valence-corrected chi connectivity index (χ4v) is 4.03. The molecular formula is C26H27ClFN5O4. The topological polar surface area (TPSA) is 128 Å². The zero-order valence-electron chi connectivity index (χ0n) is 20.0. The fourth-order valence-electron chi connectivity index (χ4n) is 3.92. The predicted octanol–water partition coefficient (Wildman–Crippen LogP) is 4.63. The Labute approximate surface area is 218 Å². The molecule has 0 spiro atoms. The van der Waals surface area contributed by atoms with Crippen LogP contribution in [-0.4, -0.2) is 47.2 Å². The van der Waals surface area contributed by atoms with Gasteiger partial charge in [0.1, 0.15) is 30.6 Å². The highest BCUT2D eigenvalue weighted by Crippen LogP contribution is 2.30. The van der Waals surface area contributed by atoms with Crippen molar-refractivity contribution in [1.29, 1.82) is 0 Å². The van der Waals surface area contributed by atoms with Crippen LogP contribution < -0.4 is 25.8 Å². The van der Waals surface area contributed by atoms with Gasteiger partial charge in [0.2, 0.25) is 0 Å². The van der Waals surface area contributed by atoms with E-state index in [0.717, 1.165) is 25.7 Å². The van der Waals surface area contributed by atoms with Crippen LogP contribution in [0.15, 0.2) is 54.9 Å². The van der Waals surface area contributed by atoms with Gasteiger partial charge in [-0.3, -0.25) is 9.59 Å². The van der Waals surface area contributed by atoms with Gasteiger partial charge in [0.25, 0.3) is 11.8 Å². The zero-order chi connectivity index (χ0) is 26.2. The minimum atomic E-state index is -0.643. The molecule has 9 nitrogen and oxygen atoms in total. The Morgan fingerprint density at radius 1 is 1.05 bits per heavy atom. The predicted molar refractivity (Wildman–Crippen MR) is 138 cm³/mol. The van der Waals surface area contributed by atoms with Crippen molar-refractivity contribution in [2.75, 3.05) is 23.9 Å². The Kier molecular flexibility index (Phi) is 8.86. The van der Waals surface area contributed by atoms with Crippen molar-refractivity contribution in [3.8, 4) is 11.5 Å². The van der Waals surface area contributed by atoms with Gasteiger partial charge in [0.05, 0.1) is 22.4 Å². The number of halogens is 2. The number of amides is 2. The maximum atomic E-state index is 13.3. The number of nitrogens with zero attached hydrogens (tertiary/aromatic N) is 2. The average molecular weight is 528 g/mol. The quantitative estimate of drug-likeness (QED) is 0.370. The molecule has 1 aliphatic carbocycles. The van der Waals surface area contributed by atoms with Crippen molar-refractivity contribution in [3.05, 3.63) is 71.1 Å². The first-order valence-corrected chi connectivity index (χ1v) is 12.2. The van der Waals surface area contributed by atoms with Gasteiger partial charge < -0.3 is 25.8 Å². The van der Waals surface area contributed by atoms with Crippen molar-refractivity contribution in [2.24, 2.45) is 5.73 Å². The molecule has 0 saturated heterocycles. The number of hydrogen-bond donors (Lipinski definition) is 3. The molecule has 2 aromatic heterocycles. The van der Waals surface area contributed by atoms with E-state index in [4.69, 9.17) is 26.8 Å². The number of benzene rings is 1. The number of nitrogens with one attached hydrogen (secondary N) is 2. The lowest BCUT2D eigenvalue weighted by Crippen LogP contribution is -2.32. The molecule has 0 unspecified atom stereocenters. The third-order valence-corrected chi connectivity index (χ3v) is 6.02. The number of hydrogen-bond acceptors (Lipinski definition) is 7. The number of ether oxygens (including phenoxy) is 2. The summed E-state index contributed by atoms with van der Waals surface area (Å²) in [6.07, 6.45) is 5.88. The first-order valence-electron chi connectivity index (χ1n) is 11.9. The highest BCUT2D eigenvalue weighted by atomic mass is 35.5. The lowest BCUT2D eigenvalue weighted by atomic mass is 9.93. The van der Waals surface area contributed by atoms with E-state index in [2.05, 4.69) is 20.6 Å². The molecular weight excluding hydrogens is 501 g/mol. The second kappa shape index (κ2) is 12.5. The molecule has 0 bridgehead atoms. The second-order valence-corrected chi connectivity index (χ2v) is 8.96. The number of carbonyl (C=O) groups is 2. The number of anilines is 2. The largest absolute Gasteiger partial charge is 0.491 e. The second-order valence-electron chi connectivity index (χ2n) is 8.52. The van der Waals surface area contributed by atoms with E-state index in [1.165, 1.54) is 12.4 Å². The Morgan fingerprint density at radius 2 is 1.86 bits per heavy atom. The van der Waals surface area contributed by atoms with Crippen molar-refractivity contribution in [3.63, 3.8) is 0 Å². The van der Waals surface area contributed by atoms with Crippen LogP contribution in [0.4, 0.5) is 15.9 Å². The standard InChI is InChI=1S/C26H27ClFN5O4/c27-16-3-10-23(31-15-16)33-26(35)24-21(2-1-12-30-24)32-25(34)20-9-8-19(36-13-11-28)14-22(20)37-18-6-4-17(29)5-7-18/h1-3,8-10,12,14-15,17-18H,4-7,11,13,29H2,(H,32,34)(H,31,33,35). The molecule has 4 N–H and O–H groups in total. The molecule has 1 saturated carbocycles. The molecule has 1 aliphatic rings. The smallest absolute Gasteiger partial charge is 0.277 e. The van der Waals surface area contributed by atoms with Gasteiger partial charge in [-0.1, -0.05) is 11.6 Å². The van der Waals surface area contributed by atoms with E-state index in [0.29, 0.717) is 16.5 Å². The average Bonchev–Trinajstić information content (AvgIpc) is 2.90.